The zero-order valence-corrected chi connectivity index (χ0v) is 13.7. The van der Waals surface area contributed by atoms with E-state index in [1.165, 1.54) is 12.7 Å². The van der Waals surface area contributed by atoms with Crippen molar-refractivity contribution in [3.63, 3.8) is 0 Å². The Balaban J connectivity index is 3.44. The van der Waals surface area contributed by atoms with Gasteiger partial charge in [0.05, 0.1) is 7.11 Å². The SMILES string of the molecule is COC(=O)/C=C(\SC)c1c(C)cc(C)c(Br)c1C. The lowest BCUT2D eigenvalue weighted by atomic mass is 9.99. The van der Waals surface area contributed by atoms with Gasteiger partial charge in [-0.1, -0.05) is 22.0 Å². The molecule has 0 aliphatic heterocycles. The quantitative estimate of drug-likeness (QED) is 0.612. The average Bonchev–Trinajstić information content (AvgIpc) is 2.34. The number of ether oxygens (including phenoxy) is 1. The zero-order valence-electron chi connectivity index (χ0n) is 11.3. The molecule has 2 nitrogen and oxygen atoms in total. The van der Waals surface area contributed by atoms with Crippen molar-refractivity contribution < 1.29 is 9.53 Å². The fraction of sp³-hybridized carbons (Fsp3) is 0.357. The first-order valence-corrected chi connectivity index (χ1v) is 7.54. The molecule has 0 saturated heterocycles. The minimum absolute atomic E-state index is 0.324. The van der Waals surface area contributed by atoms with Gasteiger partial charge in [0.25, 0.3) is 0 Å². The topological polar surface area (TPSA) is 26.3 Å². The Labute approximate surface area is 121 Å². The van der Waals surface area contributed by atoms with Gasteiger partial charge >= 0.3 is 5.97 Å². The maximum absolute atomic E-state index is 11.4. The molecule has 0 fully saturated rings. The maximum atomic E-state index is 11.4. The molecule has 0 aliphatic rings. The van der Waals surface area contributed by atoms with Gasteiger partial charge in [0.2, 0.25) is 0 Å². The minimum Gasteiger partial charge on any atom is -0.466 e. The molecule has 0 radical (unpaired) electrons. The fourth-order valence-corrected chi connectivity index (χ4v) is 2.98. The summed E-state index contributed by atoms with van der Waals surface area (Å²) in [4.78, 5) is 12.3. The van der Waals surface area contributed by atoms with E-state index >= 15 is 0 Å². The lowest BCUT2D eigenvalue weighted by Crippen LogP contribution is -1.99. The average molecular weight is 329 g/mol. The summed E-state index contributed by atoms with van der Waals surface area (Å²) in [5.74, 6) is -0.324. The number of thioether (sulfide) groups is 1. The van der Waals surface area contributed by atoms with Crippen LogP contribution in [0.2, 0.25) is 0 Å². The molecule has 1 aromatic carbocycles. The Morgan fingerprint density at radius 1 is 1.33 bits per heavy atom. The predicted octanol–water partition coefficient (Wildman–Crippen LogP) is 4.25. The zero-order chi connectivity index (χ0) is 13.9. The van der Waals surface area contributed by atoms with Gasteiger partial charge in [-0.15, -0.1) is 11.8 Å². The van der Waals surface area contributed by atoms with Gasteiger partial charge in [-0.3, -0.25) is 0 Å². The van der Waals surface area contributed by atoms with Gasteiger partial charge in [-0.05, 0) is 49.3 Å². The van der Waals surface area contributed by atoms with Gasteiger partial charge in [0.15, 0.2) is 0 Å². The molecule has 0 bridgehead atoms. The van der Waals surface area contributed by atoms with E-state index in [1.807, 2.05) is 6.26 Å². The number of benzene rings is 1. The van der Waals surface area contributed by atoms with Crippen molar-refractivity contribution in [2.45, 2.75) is 20.8 Å². The van der Waals surface area contributed by atoms with Crippen molar-refractivity contribution in [1.29, 1.82) is 0 Å². The number of aryl methyl sites for hydroxylation is 2. The van der Waals surface area contributed by atoms with Gasteiger partial charge in [0, 0.05) is 15.5 Å². The lowest BCUT2D eigenvalue weighted by molar-refractivity contribution is -0.134. The molecule has 0 aromatic heterocycles. The van der Waals surface area contributed by atoms with E-state index < -0.39 is 0 Å². The summed E-state index contributed by atoms with van der Waals surface area (Å²) in [6.45, 7) is 6.18. The number of methoxy groups -OCH3 is 1. The van der Waals surface area contributed by atoms with Crippen molar-refractivity contribution in [1.82, 2.24) is 0 Å². The summed E-state index contributed by atoms with van der Waals surface area (Å²) in [5.41, 5.74) is 4.62. The number of carbonyl (C=O) groups excluding carboxylic acids is 1. The standard InChI is InChI=1S/C14H17BrO2S/c1-8-6-9(2)14(15)10(3)13(8)11(18-5)7-12(16)17-4/h6-7H,1-5H3/b11-7-. The van der Waals surface area contributed by atoms with E-state index in [0.29, 0.717) is 0 Å². The monoisotopic (exact) mass is 328 g/mol. The molecule has 0 amide bonds. The van der Waals surface area contributed by atoms with Crippen LogP contribution in [0.1, 0.15) is 22.3 Å². The number of hydrogen-bond donors (Lipinski definition) is 0. The third-order valence-corrected chi connectivity index (χ3v) is 4.78. The molecule has 0 heterocycles. The van der Waals surface area contributed by atoms with E-state index in [2.05, 4.69) is 42.8 Å². The fourth-order valence-electron chi connectivity index (χ4n) is 1.94. The van der Waals surface area contributed by atoms with Crippen LogP contribution in [0.25, 0.3) is 4.91 Å². The summed E-state index contributed by atoms with van der Waals surface area (Å²) in [5, 5.41) is 0. The third-order valence-electron chi connectivity index (χ3n) is 2.79. The van der Waals surface area contributed by atoms with Crippen LogP contribution < -0.4 is 0 Å². The molecule has 98 valence electrons. The number of rotatable bonds is 3. The Hall–Kier alpha value is -0.740. The second-order valence-electron chi connectivity index (χ2n) is 4.06. The molecule has 0 N–H and O–H groups in total. The third kappa shape index (κ3) is 3.18. The number of hydrogen-bond acceptors (Lipinski definition) is 3. The van der Waals surface area contributed by atoms with Crippen LogP contribution in [0, 0.1) is 20.8 Å². The Bertz CT molecular complexity index is 507. The second kappa shape index (κ2) is 6.43. The minimum atomic E-state index is -0.324. The summed E-state index contributed by atoms with van der Waals surface area (Å²) in [6, 6.07) is 2.12. The van der Waals surface area contributed by atoms with E-state index in [1.54, 1.807) is 17.8 Å². The predicted molar refractivity (Wildman–Crippen MR) is 81.9 cm³/mol. The molecule has 0 atom stereocenters. The van der Waals surface area contributed by atoms with E-state index in [4.69, 9.17) is 4.74 Å². The van der Waals surface area contributed by atoms with Gasteiger partial charge < -0.3 is 4.74 Å². The molecular formula is C14H17BrO2S. The van der Waals surface area contributed by atoms with Crippen molar-refractivity contribution in [3.8, 4) is 0 Å². The second-order valence-corrected chi connectivity index (χ2v) is 5.70. The van der Waals surface area contributed by atoms with Crippen molar-refractivity contribution in [2.24, 2.45) is 0 Å². The summed E-state index contributed by atoms with van der Waals surface area (Å²) < 4.78 is 5.79. The normalized spacial score (nSPS) is 11.6. The Morgan fingerprint density at radius 2 is 1.94 bits per heavy atom. The van der Waals surface area contributed by atoms with Crippen LogP contribution in [0.3, 0.4) is 0 Å². The highest BCUT2D eigenvalue weighted by Gasteiger charge is 2.14. The Morgan fingerprint density at radius 3 is 2.44 bits per heavy atom. The highest BCUT2D eigenvalue weighted by atomic mass is 79.9. The van der Waals surface area contributed by atoms with Crippen LogP contribution in [-0.4, -0.2) is 19.3 Å². The van der Waals surface area contributed by atoms with Crippen LogP contribution in [0.15, 0.2) is 16.6 Å². The van der Waals surface area contributed by atoms with Crippen LogP contribution >= 0.6 is 27.7 Å². The molecule has 0 saturated carbocycles. The number of esters is 1. The molecular weight excluding hydrogens is 312 g/mol. The van der Waals surface area contributed by atoms with Crippen molar-refractivity contribution >= 4 is 38.6 Å². The van der Waals surface area contributed by atoms with Crippen LogP contribution in [-0.2, 0) is 9.53 Å². The molecule has 1 rings (SSSR count). The first kappa shape index (κ1) is 15.3. The molecule has 0 unspecified atom stereocenters. The van der Waals surface area contributed by atoms with Gasteiger partial charge in [-0.25, -0.2) is 4.79 Å². The Kier molecular flexibility index (Phi) is 5.47. The van der Waals surface area contributed by atoms with E-state index in [-0.39, 0.29) is 5.97 Å². The highest BCUT2D eigenvalue weighted by molar-refractivity contribution is 9.10. The van der Waals surface area contributed by atoms with Crippen molar-refractivity contribution in [2.75, 3.05) is 13.4 Å². The van der Waals surface area contributed by atoms with E-state index in [0.717, 1.165) is 26.1 Å². The smallest absolute Gasteiger partial charge is 0.331 e. The van der Waals surface area contributed by atoms with Crippen LogP contribution in [0.5, 0.6) is 0 Å². The largest absolute Gasteiger partial charge is 0.466 e. The lowest BCUT2D eigenvalue weighted by Gasteiger charge is -2.15. The molecule has 18 heavy (non-hydrogen) atoms. The summed E-state index contributed by atoms with van der Waals surface area (Å²) >= 11 is 5.14. The first-order chi connectivity index (χ1) is 8.42. The maximum Gasteiger partial charge on any atom is 0.331 e. The summed E-state index contributed by atoms with van der Waals surface area (Å²) in [7, 11) is 1.39. The van der Waals surface area contributed by atoms with Crippen molar-refractivity contribution in [3.05, 3.63) is 38.9 Å². The summed E-state index contributed by atoms with van der Waals surface area (Å²) in [6.07, 6.45) is 3.50. The van der Waals surface area contributed by atoms with E-state index in [9.17, 15) is 4.79 Å². The molecule has 1 aromatic rings. The van der Waals surface area contributed by atoms with Gasteiger partial charge in [0.1, 0.15) is 0 Å². The first-order valence-electron chi connectivity index (χ1n) is 5.52. The van der Waals surface area contributed by atoms with Crippen LogP contribution in [0.4, 0.5) is 0 Å². The highest BCUT2D eigenvalue weighted by Crippen LogP contribution is 2.35. The molecule has 0 aliphatic carbocycles. The molecule has 4 heteroatoms. The van der Waals surface area contributed by atoms with Gasteiger partial charge in [-0.2, -0.15) is 0 Å². The number of carbonyl (C=O) groups is 1. The number of halogens is 1. The molecule has 0 spiro atoms.